The van der Waals surface area contributed by atoms with Crippen LogP contribution in [0.25, 0.3) is 16.5 Å². The minimum Gasteiger partial charge on any atom is -0.497 e. The van der Waals surface area contributed by atoms with E-state index in [-0.39, 0.29) is 11.6 Å². The molecule has 0 fully saturated rings. The smallest absolute Gasteiger partial charge is 0.269 e. The zero-order valence-corrected chi connectivity index (χ0v) is 17.9. The van der Waals surface area contributed by atoms with Gasteiger partial charge >= 0.3 is 0 Å². The van der Waals surface area contributed by atoms with Crippen LogP contribution in [0.15, 0.2) is 66.7 Å². The molecule has 4 aromatic rings. The Labute approximate surface area is 184 Å². The third-order valence-corrected chi connectivity index (χ3v) is 5.35. The monoisotopic (exact) mass is 430 g/mol. The molecule has 0 spiro atoms. The molecule has 0 aliphatic rings. The predicted octanol–water partition coefficient (Wildman–Crippen LogP) is 4.99. The van der Waals surface area contributed by atoms with Crippen LogP contribution in [-0.4, -0.2) is 27.7 Å². The summed E-state index contributed by atoms with van der Waals surface area (Å²) in [6.07, 6.45) is 0. The van der Waals surface area contributed by atoms with Gasteiger partial charge in [0, 0.05) is 18.2 Å². The molecule has 0 aliphatic carbocycles. The molecule has 4 rings (SSSR count). The largest absolute Gasteiger partial charge is 0.497 e. The highest BCUT2D eigenvalue weighted by molar-refractivity contribution is 5.96. The SMILES string of the molecule is COc1ccc2cc([C@H](C)C(=O)Nc3cc(C)nn3-c3ccc([N+](=O)[O-])cc3)ccc2c1. The number of amides is 1. The summed E-state index contributed by atoms with van der Waals surface area (Å²) in [5.74, 6) is 0.701. The summed E-state index contributed by atoms with van der Waals surface area (Å²) in [7, 11) is 1.63. The van der Waals surface area contributed by atoms with Crippen LogP contribution in [0.5, 0.6) is 5.75 Å². The van der Waals surface area contributed by atoms with Crippen molar-refractivity contribution in [3.63, 3.8) is 0 Å². The van der Waals surface area contributed by atoms with Crippen LogP contribution in [0, 0.1) is 17.0 Å². The number of nitrogens with one attached hydrogen (secondary N) is 1. The van der Waals surface area contributed by atoms with Gasteiger partial charge in [0.2, 0.25) is 5.91 Å². The lowest BCUT2D eigenvalue weighted by molar-refractivity contribution is -0.384. The minimum absolute atomic E-state index is 0.00856. The maximum absolute atomic E-state index is 13.0. The zero-order chi connectivity index (χ0) is 22.8. The van der Waals surface area contributed by atoms with E-state index in [1.54, 1.807) is 30.0 Å². The lowest BCUT2D eigenvalue weighted by atomic mass is 9.97. The summed E-state index contributed by atoms with van der Waals surface area (Å²) in [5, 5.41) is 20.3. The molecule has 0 saturated carbocycles. The molecule has 0 saturated heterocycles. The number of ether oxygens (including phenoxy) is 1. The quantitative estimate of drug-likeness (QED) is 0.343. The first-order chi connectivity index (χ1) is 15.4. The summed E-state index contributed by atoms with van der Waals surface area (Å²) < 4.78 is 6.83. The lowest BCUT2D eigenvalue weighted by Crippen LogP contribution is -2.20. The summed E-state index contributed by atoms with van der Waals surface area (Å²) >= 11 is 0. The van der Waals surface area contributed by atoms with Crippen LogP contribution in [0.4, 0.5) is 11.5 Å². The van der Waals surface area contributed by atoms with E-state index in [9.17, 15) is 14.9 Å². The van der Waals surface area contributed by atoms with E-state index in [1.807, 2.05) is 50.2 Å². The highest BCUT2D eigenvalue weighted by Crippen LogP contribution is 2.27. The van der Waals surface area contributed by atoms with E-state index >= 15 is 0 Å². The second-order valence-electron chi connectivity index (χ2n) is 7.54. The Bertz CT molecular complexity index is 1310. The Morgan fingerprint density at radius 3 is 2.44 bits per heavy atom. The van der Waals surface area contributed by atoms with Crippen LogP contribution in [0.3, 0.4) is 0 Å². The first kappa shape index (κ1) is 21.0. The van der Waals surface area contributed by atoms with Crippen molar-refractivity contribution in [1.29, 1.82) is 0 Å². The number of nitro groups is 1. The lowest BCUT2D eigenvalue weighted by Gasteiger charge is -2.15. The van der Waals surface area contributed by atoms with Crippen molar-refractivity contribution in [2.24, 2.45) is 0 Å². The number of fused-ring (bicyclic) bond motifs is 1. The van der Waals surface area contributed by atoms with Crippen LogP contribution in [-0.2, 0) is 4.79 Å². The average Bonchev–Trinajstić information content (AvgIpc) is 3.17. The topological polar surface area (TPSA) is 99.3 Å². The number of hydrogen-bond donors (Lipinski definition) is 1. The van der Waals surface area contributed by atoms with Gasteiger partial charge in [0.05, 0.1) is 29.3 Å². The molecule has 1 atom stereocenters. The van der Waals surface area contributed by atoms with Crippen molar-refractivity contribution in [2.45, 2.75) is 19.8 Å². The van der Waals surface area contributed by atoms with Crippen molar-refractivity contribution in [3.8, 4) is 11.4 Å². The third kappa shape index (κ3) is 4.15. The molecular weight excluding hydrogens is 408 g/mol. The Morgan fingerprint density at radius 2 is 1.75 bits per heavy atom. The average molecular weight is 430 g/mol. The Morgan fingerprint density at radius 1 is 1.06 bits per heavy atom. The molecule has 1 amide bonds. The number of hydrogen-bond acceptors (Lipinski definition) is 5. The van der Waals surface area contributed by atoms with Gasteiger partial charge in [-0.05, 0) is 54.4 Å². The van der Waals surface area contributed by atoms with Gasteiger partial charge in [-0.3, -0.25) is 14.9 Å². The Balaban J connectivity index is 1.57. The molecule has 0 radical (unpaired) electrons. The molecular formula is C24H22N4O4. The fourth-order valence-electron chi connectivity index (χ4n) is 3.53. The van der Waals surface area contributed by atoms with Crippen LogP contribution in [0.1, 0.15) is 24.1 Å². The molecule has 8 heteroatoms. The zero-order valence-electron chi connectivity index (χ0n) is 17.9. The molecule has 0 unspecified atom stereocenters. The van der Waals surface area contributed by atoms with Gasteiger partial charge in [0.25, 0.3) is 5.69 Å². The van der Waals surface area contributed by atoms with Gasteiger partial charge in [0.1, 0.15) is 11.6 Å². The first-order valence-electron chi connectivity index (χ1n) is 10.1. The number of aryl methyl sites for hydroxylation is 1. The van der Waals surface area contributed by atoms with E-state index in [0.717, 1.165) is 22.1 Å². The van der Waals surface area contributed by atoms with Crippen molar-refractivity contribution < 1.29 is 14.5 Å². The van der Waals surface area contributed by atoms with E-state index in [4.69, 9.17) is 4.74 Å². The Hall–Kier alpha value is -4.20. The molecule has 1 heterocycles. The number of non-ortho nitro benzene ring substituents is 1. The van der Waals surface area contributed by atoms with Crippen molar-refractivity contribution >= 4 is 28.2 Å². The molecule has 1 N–H and O–H groups in total. The van der Waals surface area contributed by atoms with E-state index in [1.165, 1.54) is 12.1 Å². The molecule has 1 aromatic heterocycles. The highest BCUT2D eigenvalue weighted by Gasteiger charge is 2.19. The van der Waals surface area contributed by atoms with E-state index in [0.29, 0.717) is 17.2 Å². The minimum atomic E-state index is -0.456. The number of benzene rings is 3. The fourth-order valence-corrected chi connectivity index (χ4v) is 3.53. The summed E-state index contributed by atoms with van der Waals surface area (Å²) in [5.41, 5.74) is 2.21. The maximum Gasteiger partial charge on any atom is 0.269 e. The third-order valence-electron chi connectivity index (χ3n) is 5.35. The number of methoxy groups -OCH3 is 1. The van der Waals surface area contributed by atoms with Gasteiger partial charge in [-0.1, -0.05) is 24.3 Å². The van der Waals surface area contributed by atoms with Gasteiger partial charge < -0.3 is 10.1 Å². The molecule has 8 nitrogen and oxygen atoms in total. The fraction of sp³-hybridized carbons (Fsp3) is 0.167. The van der Waals surface area contributed by atoms with Crippen LogP contribution in [0.2, 0.25) is 0 Å². The maximum atomic E-state index is 13.0. The molecule has 0 bridgehead atoms. The molecule has 3 aromatic carbocycles. The van der Waals surface area contributed by atoms with E-state index in [2.05, 4.69) is 10.4 Å². The Kier molecular flexibility index (Phi) is 5.59. The van der Waals surface area contributed by atoms with Gasteiger partial charge in [-0.25, -0.2) is 4.68 Å². The summed E-state index contributed by atoms with van der Waals surface area (Å²) in [6, 6.07) is 19.5. The second kappa shape index (κ2) is 8.50. The number of rotatable bonds is 6. The number of nitro benzene ring substituents is 1. The number of carbonyl (C=O) groups excluding carboxylic acids is 1. The highest BCUT2D eigenvalue weighted by atomic mass is 16.6. The van der Waals surface area contributed by atoms with Crippen LogP contribution >= 0.6 is 0 Å². The van der Waals surface area contributed by atoms with Crippen LogP contribution < -0.4 is 10.1 Å². The second-order valence-corrected chi connectivity index (χ2v) is 7.54. The number of carbonyl (C=O) groups is 1. The van der Waals surface area contributed by atoms with Gasteiger partial charge in [-0.15, -0.1) is 0 Å². The van der Waals surface area contributed by atoms with Gasteiger partial charge in [0.15, 0.2) is 0 Å². The number of aromatic nitrogens is 2. The number of anilines is 1. The normalized spacial score (nSPS) is 11.8. The molecule has 32 heavy (non-hydrogen) atoms. The summed E-state index contributed by atoms with van der Waals surface area (Å²) in [4.78, 5) is 23.5. The predicted molar refractivity (Wildman–Crippen MR) is 123 cm³/mol. The van der Waals surface area contributed by atoms with Crippen molar-refractivity contribution in [1.82, 2.24) is 9.78 Å². The molecule has 0 aliphatic heterocycles. The number of nitrogens with zero attached hydrogens (tertiary/aromatic N) is 3. The van der Waals surface area contributed by atoms with Crippen molar-refractivity contribution in [3.05, 3.63) is 88.1 Å². The summed E-state index contributed by atoms with van der Waals surface area (Å²) in [6.45, 7) is 3.66. The van der Waals surface area contributed by atoms with E-state index < -0.39 is 10.8 Å². The first-order valence-corrected chi connectivity index (χ1v) is 10.1. The van der Waals surface area contributed by atoms with Crippen molar-refractivity contribution in [2.75, 3.05) is 12.4 Å². The van der Waals surface area contributed by atoms with Gasteiger partial charge in [-0.2, -0.15) is 5.10 Å². The molecule has 162 valence electrons. The standard InChI is InChI=1S/C24H22N4O4/c1-15-12-23(27(26-15)20-7-9-21(10-8-20)28(30)31)25-24(29)16(2)17-4-5-19-14-22(32-3)11-6-18(19)13-17/h4-14,16H,1-3H3,(H,25,29)/t16-/m0/s1.